The molecule has 0 fully saturated rings. The van der Waals surface area contributed by atoms with Crippen LogP contribution < -0.4 is 0 Å². The van der Waals surface area contributed by atoms with Gasteiger partial charge in [0.2, 0.25) is 0 Å². The quantitative estimate of drug-likeness (QED) is 0.359. The van der Waals surface area contributed by atoms with Crippen LogP contribution in [-0.4, -0.2) is 16.2 Å². The van der Waals surface area contributed by atoms with E-state index in [1.807, 2.05) is 32.9 Å². The number of hydrogen-bond acceptors (Lipinski definition) is 2. The number of aromatic carboxylic acids is 1. The second-order valence-electron chi connectivity index (χ2n) is 8.83. The van der Waals surface area contributed by atoms with Gasteiger partial charge in [0, 0.05) is 10.6 Å². The largest absolute Gasteiger partial charge is 0.507 e. The maximum atomic E-state index is 11.5. The molecule has 0 radical (unpaired) electrons. The smallest absolute Gasteiger partial charge is 0.335 e. The summed E-state index contributed by atoms with van der Waals surface area (Å²) in [5, 5.41) is 20.5. The van der Waals surface area contributed by atoms with Gasteiger partial charge >= 0.3 is 5.97 Å². The van der Waals surface area contributed by atoms with Crippen molar-refractivity contribution < 1.29 is 15.0 Å². The third kappa shape index (κ3) is 9.09. The molecule has 0 atom stereocenters. The number of hydrogen-bond donors (Lipinski definition) is 2. The van der Waals surface area contributed by atoms with Crippen molar-refractivity contribution >= 4 is 28.7 Å². The number of aromatic hydroxyl groups is 1. The van der Waals surface area contributed by atoms with Crippen molar-refractivity contribution in [3.8, 4) is 5.75 Å². The maximum absolute atomic E-state index is 11.5. The molecule has 0 aliphatic heterocycles. The molecule has 0 unspecified atom stereocenters. The van der Waals surface area contributed by atoms with Crippen LogP contribution in [0.1, 0.15) is 105 Å². The third-order valence-corrected chi connectivity index (χ3v) is 5.66. The summed E-state index contributed by atoms with van der Waals surface area (Å²) in [6.07, 6.45) is 4.92. The fourth-order valence-corrected chi connectivity index (χ4v) is 4.17. The molecular weight excluding hydrogens is 480 g/mol. The van der Waals surface area contributed by atoms with Crippen molar-refractivity contribution in [1.82, 2.24) is 0 Å². The predicted molar refractivity (Wildman–Crippen MR) is 160 cm³/mol. The van der Waals surface area contributed by atoms with E-state index >= 15 is 0 Å². The standard InChI is InChI=1S/C25H21ClO3.2C3H8.C2H6/c1-15-5-7-16(8-6-15)24-20-11-9-18(25(28)29)13-17(20)3-2-4-22(24)21-12-10-19(26)14-23(21)27;2*1-3-2;1-2/h5-14,27H,2-4H2,1H3,(H,28,29);2*3H2,1-2H3;1-2H3. The van der Waals surface area contributed by atoms with Crippen LogP contribution in [0.2, 0.25) is 5.02 Å². The molecule has 4 heteroatoms. The monoisotopic (exact) mass is 522 g/mol. The lowest BCUT2D eigenvalue weighted by Gasteiger charge is -2.18. The van der Waals surface area contributed by atoms with Crippen LogP contribution in [-0.2, 0) is 6.42 Å². The molecule has 0 saturated heterocycles. The van der Waals surface area contributed by atoms with Crippen LogP contribution >= 0.6 is 11.6 Å². The Bertz CT molecular complexity index is 1160. The van der Waals surface area contributed by atoms with Gasteiger partial charge in [-0.15, -0.1) is 0 Å². The zero-order valence-electron chi connectivity index (χ0n) is 23.5. The van der Waals surface area contributed by atoms with E-state index in [9.17, 15) is 15.0 Å². The number of aryl methyl sites for hydroxylation is 2. The maximum Gasteiger partial charge on any atom is 0.335 e. The Balaban J connectivity index is 0.000000767. The Labute approximate surface area is 228 Å². The summed E-state index contributed by atoms with van der Waals surface area (Å²) in [6.45, 7) is 14.5. The van der Waals surface area contributed by atoms with Crippen molar-refractivity contribution in [1.29, 1.82) is 0 Å². The van der Waals surface area contributed by atoms with Gasteiger partial charge in [0.25, 0.3) is 0 Å². The van der Waals surface area contributed by atoms with Gasteiger partial charge in [-0.1, -0.05) is 102 Å². The second-order valence-corrected chi connectivity index (χ2v) is 9.26. The number of phenols is 1. The van der Waals surface area contributed by atoms with E-state index in [2.05, 4.69) is 52.0 Å². The molecule has 2 N–H and O–H groups in total. The minimum atomic E-state index is -0.923. The summed E-state index contributed by atoms with van der Waals surface area (Å²) in [6, 6.07) is 18.8. The van der Waals surface area contributed by atoms with E-state index in [4.69, 9.17) is 11.6 Å². The third-order valence-electron chi connectivity index (χ3n) is 5.42. The minimum absolute atomic E-state index is 0.155. The van der Waals surface area contributed by atoms with Crippen LogP contribution in [0.3, 0.4) is 0 Å². The Morgan fingerprint density at radius 1 is 0.838 bits per heavy atom. The molecule has 3 aromatic carbocycles. The van der Waals surface area contributed by atoms with Crippen molar-refractivity contribution in [2.75, 3.05) is 0 Å². The molecule has 0 saturated carbocycles. The van der Waals surface area contributed by atoms with E-state index in [1.54, 1.807) is 24.3 Å². The Morgan fingerprint density at radius 2 is 1.41 bits per heavy atom. The lowest BCUT2D eigenvalue weighted by molar-refractivity contribution is 0.0696. The van der Waals surface area contributed by atoms with Crippen LogP contribution in [0.15, 0.2) is 60.7 Å². The van der Waals surface area contributed by atoms with Crippen LogP contribution in [0, 0.1) is 6.92 Å². The lowest BCUT2D eigenvalue weighted by atomic mass is 9.87. The number of carbonyl (C=O) groups is 1. The summed E-state index contributed by atoms with van der Waals surface area (Å²) in [7, 11) is 0. The van der Waals surface area contributed by atoms with Gasteiger partial charge in [0.15, 0.2) is 0 Å². The Kier molecular flexibility index (Phi) is 14.4. The Hall–Kier alpha value is -3.04. The molecule has 4 rings (SSSR count). The van der Waals surface area contributed by atoms with Gasteiger partial charge in [-0.05, 0) is 84.4 Å². The molecule has 0 heterocycles. The van der Waals surface area contributed by atoms with Gasteiger partial charge < -0.3 is 10.2 Å². The fraction of sp³-hybridized carbons (Fsp3) is 0.364. The number of phenolic OH excluding ortho intramolecular Hbond substituents is 1. The second kappa shape index (κ2) is 16.7. The highest BCUT2D eigenvalue weighted by molar-refractivity contribution is 6.30. The molecule has 1 aliphatic carbocycles. The zero-order valence-corrected chi connectivity index (χ0v) is 24.2. The average Bonchev–Trinajstić information content (AvgIpc) is 3.06. The molecule has 0 amide bonds. The summed E-state index contributed by atoms with van der Waals surface area (Å²) in [5.41, 5.74) is 7.39. The highest BCUT2D eigenvalue weighted by Crippen LogP contribution is 2.42. The van der Waals surface area contributed by atoms with Crippen molar-refractivity contribution in [3.63, 3.8) is 0 Å². The molecular formula is C33H43ClO3. The first-order valence-electron chi connectivity index (χ1n) is 13.4. The number of carboxylic acid groups (broad SMARTS) is 1. The zero-order chi connectivity index (χ0) is 28.0. The first-order chi connectivity index (χ1) is 17.8. The van der Waals surface area contributed by atoms with Crippen molar-refractivity contribution in [2.45, 2.75) is 80.6 Å². The van der Waals surface area contributed by atoms with Gasteiger partial charge in [-0.3, -0.25) is 0 Å². The first-order valence-corrected chi connectivity index (χ1v) is 13.8. The number of rotatable bonds is 3. The molecule has 37 heavy (non-hydrogen) atoms. The topological polar surface area (TPSA) is 57.5 Å². The van der Waals surface area contributed by atoms with Crippen molar-refractivity contribution in [3.05, 3.63) is 99.1 Å². The van der Waals surface area contributed by atoms with E-state index in [1.165, 1.54) is 18.4 Å². The number of benzene rings is 3. The summed E-state index contributed by atoms with van der Waals surface area (Å²) in [4.78, 5) is 11.5. The number of halogens is 1. The summed E-state index contributed by atoms with van der Waals surface area (Å²) >= 11 is 6.06. The fourth-order valence-electron chi connectivity index (χ4n) is 4.00. The van der Waals surface area contributed by atoms with E-state index in [-0.39, 0.29) is 5.75 Å². The SMILES string of the molecule is CC.CCC.CCC.Cc1ccc(C2=C(c3ccc(Cl)cc3O)CCCc3cc(C(=O)O)ccc32)cc1. The molecule has 0 aromatic heterocycles. The highest BCUT2D eigenvalue weighted by atomic mass is 35.5. The average molecular weight is 523 g/mol. The van der Waals surface area contributed by atoms with Gasteiger partial charge in [0.1, 0.15) is 5.75 Å². The Morgan fingerprint density at radius 3 is 1.95 bits per heavy atom. The number of fused-ring (bicyclic) bond motifs is 1. The van der Waals surface area contributed by atoms with E-state index < -0.39 is 5.97 Å². The molecule has 0 spiro atoms. The minimum Gasteiger partial charge on any atom is -0.507 e. The van der Waals surface area contributed by atoms with Crippen LogP contribution in [0.5, 0.6) is 5.75 Å². The van der Waals surface area contributed by atoms with Crippen LogP contribution in [0.4, 0.5) is 0 Å². The predicted octanol–water partition coefficient (Wildman–Crippen LogP) is 10.2. The molecule has 3 aromatic rings. The molecule has 1 aliphatic rings. The number of carboxylic acids is 1. The van der Waals surface area contributed by atoms with Crippen LogP contribution in [0.25, 0.3) is 11.1 Å². The molecule has 200 valence electrons. The highest BCUT2D eigenvalue weighted by Gasteiger charge is 2.22. The van der Waals surface area contributed by atoms with Gasteiger partial charge in [-0.2, -0.15) is 0 Å². The summed E-state index contributed by atoms with van der Waals surface area (Å²) in [5.74, 6) is -0.767. The van der Waals surface area contributed by atoms with Gasteiger partial charge in [-0.25, -0.2) is 4.79 Å². The van der Waals surface area contributed by atoms with E-state index in [0.717, 1.165) is 52.7 Å². The summed E-state index contributed by atoms with van der Waals surface area (Å²) < 4.78 is 0. The lowest BCUT2D eigenvalue weighted by Crippen LogP contribution is -2.01. The molecule has 3 nitrogen and oxygen atoms in total. The van der Waals surface area contributed by atoms with Gasteiger partial charge in [0.05, 0.1) is 5.56 Å². The molecule has 0 bridgehead atoms. The van der Waals surface area contributed by atoms with Crippen molar-refractivity contribution in [2.24, 2.45) is 0 Å². The first kappa shape index (κ1) is 32.0. The normalized spacial score (nSPS) is 11.9. The number of allylic oxidation sites excluding steroid dienone is 1. The van der Waals surface area contributed by atoms with E-state index in [0.29, 0.717) is 10.6 Å².